The summed E-state index contributed by atoms with van der Waals surface area (Å²) in [6, 6.07) is 2.20. The quantitative estimate of drug-likeness (QED) is 0.751. The van der Waals surface area contributed by atoms with Gasteiger partial charge in [0, 0.05) is 6.04 Å². The molecule has 0 bridgehead atoms. The minimum absolute atomic E-state index is 0.236. The molecule has 3 nitrogen and oxygen atoms in total. The van der Waals surface area contributed by atoms with Crippen LogP contribution in [0.5, 0.6) is 0 Å². The summed E-state index contributed by atoms with van der Waals surface area (Å²) >= 11 is 1.40. The molecule has 0 radical (unpaired) electrons. The highest BCUT2D eigenvalue weighted by atomic mass is 32.1. The fraction of sp³-hybridized carbons (Fsp3) is 0.667. The molecular formula is C9H14N2OS. The Kier molecular flexibility index (Phi) is 2.62. The van der Waals surface area contributed by atoms with Crippen LogP contribution in [0.2, 0.25) is 0 Å². The van der Waals surface area contributed by atoms with E-state index in [-0.39, 0.29) is 12.1 Å². The number of aromatic nitrogens is 1. The van der Waals surface area contributed by atoms with E-state index in [0.29, 0.717) is 0 Å². The predicted molar refractivity (Wildman–Crippen MR) is 52.8 cm³/mol. The molecule has 0 saturated carbocycles. The van der Waals surface area contributed by atoms with Crippen LogP contribution in [0.25, 0.3) is 0 Å². The maximum absolute atomic E-state index is 9.94. The molecule has 2 rings (SSSR count). The van der Waals surface area contributed by atoms with Gasteiger partial charge in [0.1, 0.15) is 6.10 Å². The Morgan fingerprint density at radius 1 is 1.77 bits per heavy atom. The van der Waals surface area contributed by atoms with Gasteiger partial charge in [0.2, 0.25) is 0 Å². The number of rotatable bonds is 2. The molecule has 13 heavy (non-hydrogen) atoms. The van der Waals surface area contributed by atoms with Gasteiger partial charge in [-0.25, -0.2) is 0 Å². The van der Waals surface area contributed by atoms with E-state index in [1.807, 2.05) is 13.0 Å². The van der Waals surface area contributed by atoms with Crippen molar-refractivity contribution >= 4 is 11.5 Å². The van der Waals surface area contributed by atoms with E-state index >= 15 is 0 Å². The molecule has 2 unspecified atom stereocenters. The average molecular weight is 198 g/mol. The Bertz CT molecular complexity index is 281. The largest absolute Gasteiger partial charge is 0.386 e. The summed E-state index contributed by atoms with van der Waals surface area (Å²) in [6.07, 6.45) is 1.87. The molecule has 1 fully saturated rings. The van der Waals surface area contributed by atoms with Crippen molar-refractivity contribution in [2.75, 3.05) is 6.54 Å². The predicted octanol–water partition coefficient (Wildman–Crippen LogP) is 1.24. The van der Waals surface area contributed by atoms with Crippen molar-refractivity contribution in [2.45, 2.75) is 31.9 Å². The molecule has 0 amide bonds. The Labute approximate surface area is 82.0 Å². The summed E-state index contributed by atoms with van der Waals surface area (Å²) in [4.78, 5) is 0.983. The third-order valence-corrected chi connectivity index (χ3v) is 3.37. The van der Waals surface area contributed by atoms with Gasteiger partial charge in [-0.15, -0.1) is 0 Å². The van der Waals surface area contributed by atoms with Gasteiger partial charge in [-0.3, -0.25) is 0 Å². The standard InChI is InChI=1S/C9H14N2OS/c1-6-5-8(13-11-6)9(12)7-3-2-4-10-7/h5,7,9-10,12H,2-4H2,1H3. The van der Waals surface area contributed by atoms with Crippen LogP contribution < -0.4 is 5.32 Å². The number of hydrogen-bond acceptors (Lipinski definition) is 4. The maximum Gasteiger partial charge on any atom is 0.105 e. The lowest BCUT2D eigenvalue weighted by Gasteiger charge is -2.15. The Balaban J connectivity index is 2.07. The molecule has 1 aromatic rings. The number of aliphatic hydroxyl groups excluding tert-OH is 1. The summed E-state index contributed by atoms with van der Waals surface area (Å²) in [5, 5.41) is 13.2. The van der Waals surface area contributed by atoms with Gasteiger partial charge in [-0.2, -0.15) is 4.37 Å². The Morgan fingerprint density at radius 3 is 3.15 bits per heavy atom. The van der Waals surface area contributed by atoms with Crippen LogP contribution in [0, 0.1) is 6.92 Å². The Hall–Kier alpha value is -0.450. The first-order valence-corrected chi connectivity index (χ1v) is 5.39. The third-order valence-electron chi connectivity index (χ3n) is 2.42. The van der Waals surface area contributed by atoms with E-state index in [4.69, 9.17) is 0 Å². The monoisotopic (exact) mass is 198 g/mol. The molecule has 1 saturated heterocycles. The lowest BCUT2D eigenvalue weighted by molar-refractivity contribution is 0.141. The minimum atomic E-state index is -0.367. The Morgan fingerprint density at radius 2 is 2.62 bits per heavy atom. The first-order valence-electron chi connectivity index (χ1n) is 4.62. The van der Waals surface area contributed by atoms with Gasteiger partial charge in [-0.05, 0) is 43.9 Å². The number of nitrogens with one attached hydrogen (secondary N) is 1. The van der Waals surface area contributed by atoms with Crippen LogP contribution in [-0.4, -0.2) is 22.1 Å². The maximum atomic E-state index is 9.94. The summed E-state index contributed by atoms with van der Waals surface area (Å²) in [7, 11) is 0. The van der Waals surface area contributed by atoms with E-state index in [0.717, 1.165) is 23.5 Å². The second kappa shape index (κ2) is 3.74. The van der Waals surface area contributed by atoms with Crippen LogP contribution in [0.1, 0.15) is 29.5 Å². The van der Waals surface area contributed by atoms with Crippen molar-refractivity contribution in [3.8, 4) is 0 Å². The number of nitrogens with zero attached hydrogens (tertiary/aromatic N) is 1. The fourth-order valence-electron chi connectivity index (χ4n) is 1.70. The zero-order valence-corrected chi connectivity index (χ0v) is 8.47. The van der Waals surface area contributed by atoms with Crippen LogP contribution in [0.15, 0.2) is 6.07 Å². The van der Waals surface area contributed by atoms with Crippen molar-refractivity contribution in [1.29, 1.82) is 0 Å². The van der Waals surface area contributed by atoms with E-state index in [1.54, 1.807) is 0 Å². The van der Waals surface area contributed by atoms with E-state index in [1.165, 1.54) is 18.0 Å². The second-order valence-electron chi connectivity index (χ2n) is 3.52. The zero-order valence-electron chi connectivity index (χ0n) is 7.66. The summed E-state index contributed by atoms with van der Waals surface area (Å²) in [5.41, 5.74) is 0.997. The molecule has 1 aliphatic rings. The topological polar surface area (TPSA) is 45.1 Å². The summed E-state index contributed by atoms with van der Waals surface area (Å²) in [6.45, 7) is 2.98. The first kappa shape index (κ1) is 9.12. The van der Waals surface area contributed by atoms with Crippen molar-refractivity contribution in [1.82, 2.24) is 9.69 Å². The van der Waals surface area contributed by atoms with E-state index in [9.17, 15) is 5.11 Å². The lowest BCUT2D eigenvalue weighted by Crippen LogP contribution is -2.28. The van der Waals surface area contributed by atoms with Gasteiger partial charge in [-0.1, -0.05) is 0 Å². The van der Waals surface area contributed by atoms with Crippen molar-refractivity contribution in [2.24, 2.45) is 0 Å². The average Bonchev–Trinajstić information content (AvgIpc) is 2.72. The molecule has 0 aromatic carbocycles. The molecule has 1 aromatic heterocycles. The highest BCUT2D eigenvalue weighted by Gasteiger charge is 2.25. The molecule has 2 heterocycles. The highest BCUT2D eigenvalue weighted by Crippen LogP contribution is 2.25. The summed E-state index contributed by atoms with van der Waals surface area (Å²) < 4.78 is 4.16. The third kappa shape index (κ3) is 1.90. The van der Waals surface area contributed by atoms with Crippen LogP contribution in [0.4, 0.5) is 0 Å². The second-order valence-corrected chi connectivity index (χ2v) is 4.35. The lowest BCUT2D eigenvalue weighted by atomic mass is 10.1. The van der Waals surface area contributed by atoms with Crippen molar-refractivity contribution in [3.63, 3.8) is 0 Å². The smallest absolute Gasteiger partial charge is 0.105 e. The normalized spacial score (nSPS) is 24.9. The molecule has 0 aliphatic carbocycles. The summed E-state index contributed by atoms with van der Waals surface area (Å²) in [5.74, 6) is 0. The SMILES string of the molecule is Cc1cc(C(O)C2CCCN2)sn1. The van der Waals surface area contributed by atoms with Crippen LogP contribution >= 0.6 is 11.5 Å². The van der Waals surface area contributed by atoms with Gasteiger partial charge < -0.3 is 10.4 Å². The highest BCUT2D eigenvalue weighted by molar-refractivity contribution is 7.05. The first-order chi connectivity index (χ1) is 6.27. The molecule has 2 atom stereocenters. The van der Waals surface area contributed by atoms with Crippen molar-refractivity contribution < 1.29 is 5.11 Å². The van der Waals surface area contributed by atoms with Gasteiger partial charge >= 0.3 is 0 Å². The van der Waals surface area contributed by atoms with Gasteiger partial charge in [0.15, 0.2) is 0 Å². The number of hydrogen-bond donors (Lipinski definition) is 2. The van der Waals surface area contributed by atoms with Crippen LogP contribution in [0.3, 0.4) is 0 Å². The molecular weight excluding hydrogens is 184 g/mol. The number of aryl methyl sites for hydroxylation is 1. The molecule has 1 aliphatic heterocycles. The van der Waals surface area contributed by atoms with Crippen molar-refractivity contribution in [3.05, 3.63) is 16.6 Å². The molecule has 4 heteroatoms. The molecule has 2 N–H and O–H groups in total. The van der Waals surface area contributed by atoms with E-state index in [2.05, 4.69) is 9.69 Å². The zero-order chi connectivity index (χ0) is 9.26. The molecule has 0 spiro atoms. The van der Waals surface area contributed by atoms with Gasteiger partial charge in [0.05, 0.1) is 10.6 Å². The van der Waals surface area contributed by atoms with E-state index < -0.39 is 0 Å². The fourth-order valence-corrected chi connectivity index (χ4v) is 2.50. The minimum Gasteiger partial charge on any atom is -0.386 e. The van der Waals surface area contributed by atoms with Gasteiger partial charge in [0.25, 0.3) is 0 Å². The number of aliphatic hydroxyl groups is 1. The molecule has 72 valence electrons. The van der Waals surface area contributed by atoms with Crippen LogP contribution in [-0.2, 0) is 0 Å².